The van der Waals surface area contributed by atoms with E-state index >= 15 is 0 Å². The summed E-state index contributed by atoms with van der Waals surface area (Å²) in [7, 11) is 1.45. The normalized spacial score (nSPS) is 21.8. The van der Waals surface area contributed by atoms with Crippen LogP contribution >= 0.6 is 0 Å². The first-order chi connectivity index (χ1) is 24.4. The second kappa shape index (κ2) is 18.9. The van der Waals surface area contributed by atoms with Crippen molar-refractivity contribution in [3.05, 3.63) is 29.5 Å². The van der Waals surface area contributed by atoms with E-state index in [1.807, 2.05) is 27.7 Å². The number of ether oxygens (including phenoxy) is 4. The van der Waals surface area contributed by atoms with Gasteiger partial charge in [-0.3, -0.25) is 9.59 Å². The van der Waals surface area contributed by atoms with Crippen molar-refractivity contribution in [1.82, 2.24) is 20.9 Å². The summed E-state index contributed by atoms with van der Waals surface area (Å²) in [6.07, 6.45) is 5.93. The number of amides is 3. The first-order valence-corrected chi connectivity index (χ1v) is 18.0. The Hall–Kier alpha value is -4.15. The number of hydrogen-bond donors (Lipinski definition) is 4. The molecule has 2 fully saturated rings. The third kappa shape index (κ3) is 11.7. The Morgan fingerprint density at radius 2 is 1.82 bits per heavy atom. The van der Waals surface area contributed by atoms with Gasteiger partial charge in [-0.05, 0) is 96.9 Å². The first-order valence-electron chi connectivity index (χ1n) is 18.0. The van der Waals surface area contributed by atoms with Gasteiger partial charge in [0.2, 0.25) is 5.88 Å². The largest absolute Gasteiger partial charge is 0.496 e. The number of alkyl carbamates (subject to hydrolysis) is 1. The van der Waals surface area contributed by atoms with E-state index < -0.39 is 41.6 Å². The molecule has 5 N–H and O–H groups in total. The van der Waals surface area contributed by atoms with Gasteiger partial charge in [0.15, 0.2) is 6.17 Å². The van der Waals surface area contributed by atoms with Crippen LogP contribution in [0.15, 0.2) is 18.3 Å². The van der Waals surface area contributed by atoms with Crippen molar-refractivity contribution in [2.45, 2.75) is 90.5 Å². The van der Waals surface area contributed by atoms with E-state index in [1.54, 1.807) is 18.3 Å². The van der Waals surface area contributed by atoms with Gasteiger partial charge in [-0.25, -0.2) is 14.2 Å². The van der Waals surface area contributed by atoms with Crippen LogP contribution in [0.5, 0.6) is 11.6 Å². The Morgan fingerprint density at radius 1 is 1.10 bits per heavy atom. The molecule has 1 saturated heterocycles. The van der Waals surface area contributed by atoms with Gasteiger partial charge in [0, 0.05) is 48.6 Å². The van der Waals surface area contributed by atoms with E-state index in [1.165, 1.54) is 7.11 Å². The second-order valence-corrected chi connectivity index (χ2v) is 14.3. The van der Waals surface area contributed by atoms with Crippen LogP contribution in [-0.2, 0) is 14.3 Å². The molecule has 1 saturated carbocycles. The number of nitrogens with one attached hydrogen (secondary N) is 3. The molecule has 0 radical (unpaired) electrons. The fraction of sp³-hybridized carbons (Fsp3) is 0.632. The van der Waals surface area contributed by atoms with Crippen LogP contribution in [0.4, 0.5) is 9.18 Å². The van der Waals surface area contributed by atoms with Crippen LogP contribution in [-0.4, -0.2) is 87.3 Å². The number of nitrogens with two attached hydrogens (primary N) is 1. The van der Waals surface area contributed by atoms with Crippen LogP contribution in [0.3, 0.4) is 0 Å². The summed E-state index contributed by atoms with van der Waals surface area (Å²) in [4.78, 5) is 40.4. The lowest BCUT2D eigenvalue weighted by atomic mass is 9.82. The van der Waals surface area contributed by atoms with Crippen molar-refractivity contribution in [3.63, 3.8) is 0 Å². The van der Waals surface area contributed by atoms with Gasteiger partial charge in [0.05, 0.1) is 24.3 Å². The molecule has 2 heterocycles. The molecule has 2 aliphatic rings. The fourth-order valence-electron chi connectivity index (χ4n) is 6.49. The number of rotatable bonds is 16. The number of hydrogen-bond acceptors (Lipinski definition) is 9. The van der Waals surface area contributed by atoms with E-state index in [0.29, 0.717) is 48.4 Å². The molecular weight excluding hydrogens is 657 g/mol. The zero-order valence-electron chi connectivity index (χ0n) is 30.6. The number of primary amides is 1. The van der Waals surface area contributed by atoms with E-state index in [0.717, 1.165) is 51.6 Å². The van der Waals surface area contributed by atoms with E-state index in [9.17, 15) is 18.8 Å². The predicted molar refractivity (Wildman–Crippen MR) is 192 cm³/mol. The molecule has 2 aromatic rings. The molecule has 280 valence electrons. The molecule has 51 heavy (non-hydrogen) atoms. The average molecular weight is 712 g/mol. The number of fused-ring (bicyclic) bond motifs is 1. The maximum Gasteiger partial charge on any atom is 0.407 e. The summed E-state index contributed by atoms with van der Waals surface area (Å²) in [6.45, 7) is 11.0. The van der Waals surface area contributed by atoms with Crippen molar-refractivity contribution in [2.75, 3.05) is 46.6 Å². The number of halogens is 1. The third-order valence-electron chi connectivity index (χ3n) is 9.25. The minimum absolute atomic E-state index is 0.0419. The van der Waals surface area contributed by atoms with E-state index in [2.05, 4.69) is 32.8 Å². The van der Waals surface area contributed by atoms with Crippen LogP contribution in [0.1, 0.15) is 88.6 Å². The average Bonchev–Trinajstić information content (AvgIpc) is 3.37. The summed E-state index contributed by atoms with van der Waals surface area (Å²) in [5, 5.41) is 10.2. The van der Waals surface area contributed by atoms with E-state index in [-0.39, 0.29) is 29.7 Å². The summed E-state index contributed by atoms with van der Waals surface area (Å²) in [5.74, 6) is 6.36. The quantitative estimate of drug-likeness (QED) is 0.143. The van der Waals surface area contributed by atoms with Gasteiger partial charge in [-0.2, -0.15) is 0 Å². The monoisotopic (exact) mass is 711 g/mol. The smallest absolute Gasteiger partial charge is 0.407 e. The Morgan fingerprint density at radius 3 is 2.49 bits per heavy atom. The molecule has 1 aliphatic carbocycles. The zero-order chi connectivity index (χ0) is 37.0. The van der Waals surface area contributed by atoms with Crippen molar-refractivity contribution in [3.8, 4) is 23.5 Å². The number of aromatic nitrogens is 1. The zero-order valence-corrected chi connectivity index (χ0v) is 30.6. The van der Waals surface area contributed by atoms with E-state index in [4.69, 9.17) is 24.7 Å². The van der Waals surface area contributed by atoms with Crippen molar-refractivity contribution in [2.24, 2.45) is 23.5 Å². The topological polar surface area (TPSA) is 163 Å². The lowest BCUT2D eigenvalue weighted by Crippen LogP contribution is -2.34. The molecule has 3 amide bonds. The van der Waals surface area contributed by atoms with Crippen LogP contribution in [0, 0.1) is 29.6 Å². The maximum atomic E-state index is 14.3. The fourth-order valence-corrected chi connectivity index (χ4v) is 6.49. The Kier molecular flexibility index (Phi) is 14.7. The van der Waals surface area contributed by atoms with Gasteiger partial charge >= 0.3 is 6.09 Å². The van der Waals surface area contributed by atoms with Crippen LogP contribution < -0.4 is 31.2 Å². The Balaban J connectivity index is 1.25. The van der Waals surface area contributed by atoms with Gasteiger partial charge < -0.3 is 40.6 Å². The molecule has 0 bridgehead atoms. The molecule has 1 aromatic heterocycles. The van der Waals surface area contributed by atoms with Crippen molar-refractivity contribution in [1.29, 1.82) is 0 Å². The van der Waals surface area contributed by atoms with Crippen molar-refractivity contribution >= 4 is 28.7 Å². The SMILES string of the molecule is CC[C@@H]1[C@H](F)C(=O)N[C@@H]1COc1ncc(C#CC2CCC(CNCCCOCCCNC(=O)OC(C)(C)C)CC2)c2cc(C(N)=O)c(OC)cc12. The Bertz CT molecular complexity index is 1560. The van der Waals surface area contributed by atoms with Crippen molar-refractivity contribution < 1.29 is 37.7 Å². The summed E-state index contributed by atoms with van der Waals surface area (Å²) in [5.41, 5.74) is 6.02. The lowest BCUT2D eigenvalue weighted by molar-refractivity contribution is -0.124. The third-order valence-corrected chi connectivity index (χ3v) is 9.25. The first kappa shape index (κ1) is 39.6. The number of methoxy groups -OCH3 is 1. The van der Waals surface area contributed by atoms with Crippen LogP contribution in [0.25, 0.3) is 10.8 Å². The van der Waals surface area contributed by atoms with Gasteiger partial charge in [0.1, 0.15) is 18.0 Å². The lowest BCUT2D eigenvalue weighted by Gasteiger charge is -2.25. The van der Waals surface area contributed by atoms with Gasteiger partial charge in [0.25, 0.3) is 11.8 Å². The highest BCUT2D eigenvalue weighted by Crippen LogP contribution is 2.34. The molecule has 1 aliphatic heterocycles. The molecule has 1 aromatic carbocycles. The number of carbonyl (C=O) groups is 3. The minimum Gasteiger partial charge on any atom is -0.496 e. The molecule has 3 atom stereocenters. The molecule has 0 spiro atoms. The van der Waals surface area contributed by atoms with Gasteiger partial charge in [-0.1, -0.05) is 18.8 Å². The minimum atomic E-state index is -1.57. The van der Waals surface area contributed by atoms with Gasteiger partial charge in [-0.15, -0.1) is 0 Å². The van der Waals surface area contributed by atoms with Crippen LogP contribution in [0.2, 0.25) is 0 Å². The molecule has 13 heteroatoms. The summed E-state index contributed by atoms with van der Waals surface area (Å²) >= 11 is 0. The maximum absolute atomic E-state index is 14.3. The molecule has 12 nitrogen and oxygen atoms in total. The number of benzene rings is 1. The molecule has 4 rings (SSSR count). The molecular formula is C38H54FN5O7. The highest BCUT2D eigenvalue weighted by Gasteiger charge is 2.41. The number of nitrogens with zero attached hydrogens (tertiary/aromatic N) is 1. The summed E-state index contributed by atoms with van der Waals surface area (Å²) < 4.78 is 36.7. The highest BCUT2D eigenvalue weighted by molar-refractivity contribution is 6.03. The number of pyridine rings is 1. The second-order valence-electron chi connectivity index (χ2n) is 14.3. The Labute approximate surface area is 300 Å². The number of alkyl halides is 1. The standard InChI is InChI=1S/C38H54FN5O7/c1-6-27-31(44-35(46)33(27)39)23-50-36-29-20-32(48-5)30(34(40)45)19-28(29)26(22-43-36)14-13-24-9-11-25(12-10-24)21-41-15-7-17-49-18-8-16-42-37(47)51-38(2,3)4/h19-20,22,24-25,27,31,33,41H,6-12,15-18,21,23H2,1-5H3,(H2,40,45)(H,42,47)(H,44,46)/t24?,25?,27-,31+,33-/m0/s1. The number of carbonyl (C=O) groups excluding carboxylic acids is 3. The highest BCUT2D eigenvalue weighted by atomic mass is 19.1. The summed E-state index contributed by atoms with van der Waals surface area (Å²) in [6, 6.07) is 2.82. The predicted octanol–water partition coefficient (Wildman–Crippen LogP) is 4.65. The molecule has 0 unspecified atom stereocenters.